The first-order valence-corrected chi connectivity index (χ1v) is 9.80. The molecular formula is C21H20N2O3S. The van der Waals surface area contributed by atoms with Crippen molar-refractivity contribution in [1.29, 1.82) is 0 Å². The standard InChI is InChI=1S/C21H20N2O3S/c24-10-14(9-15-12-27-13-22-15)23-21(25)26-11-20-18-7-3-1-5-16(18)17-6-2-4-8-19(17)20/h1-8,12-14,20,24H,9-11H2,(H,23,25)/t14-/m0/s1. The molecule has 3 aromatic rings. The molecule has 5 nitrogen and oxygen atoms in total. The monoisotopic (exact) mass is 380 g/mol. The molecule has 0 unspecified atom stereocenters. The molecule has 2 aromatic carbocycles. The highest BCUT2D eigenvalue weighted by molar-refractivity contribution is 7.07. The summed E-state index contributed by atoms with van der Waals surface area (Å²) in [6, 6.07) is 16.0. The number of amides is 1. The van der Waals surface area contributed by atoms with Crippen LogP contribution in [0.1, 0.15) is 22.7 Å². The van der Waals surface area contributed by atoms with Gasteiger partial charge in [0.05, 0.1) is 23.9 Å². The van der Waals surface area contributed by atoms with Crippen LogP contribution in [0.15, 0.2) is 59.4 Å². The number of carbonyl (C=O) groups excluding carboxylic acids is 1. The molecule has 0 aliphatic heterocycles. The average Bonchev–Trinajstić information content (AvgIpc) is 3.32. The summed E-state index contributed by atoms with van der Waals surface area (Å²) in [4.78, 5) is 16.4. The van der Waals surface area contributed by atoms with Gasteiger partial charge in [0, 0.05) is 17.7 Å². The molecule has 0 fully saturated rings. The van der Waals surface area contributed by atoms with E-state index in [-0.39, 0.29) is 19.1 Å². The second-order valence-corrected chi connectivity index (χ2v) is 7.25. The smallest absolute Gasteiger partial charge is 0.407 e. The number of benzene rings is 2. The van der Waals surface area contributed by atoms with Crippen molar-refractivity contribution in [3.05, 3.63) is 76.2 Å². The molecule has 0 spiro atoms. The number of aromatic nitrogens is 1. The van der Waals surface area contributed by atoms with Crippen LogP contribution in [-0.2, 0) is 11.2 Å². The van der Waals surface area contributed by atoms with E-state index < -0.39 is 12.1 Å². The minimum atomic E-state index is -0.522. The van der Waals surface area contributed by atoms with Gasteiger partial charge >= 0.3 is 6.09 Å². The fourth-order valence-electron chi connectivity index (χ4n) is 3.56. The number of fused-ring (bicyclic) bond motifs is 3. The summed E-state index contributed by atoms with van der Waals surface area (Å²) in [6.45, 7) is 0.0937. The van der Waals surface area contributed by atoms with Crippen molar-refractivity contribution in [1.82, 2.24) is 10.3 Å². The zero-order valence-electron chi connectivity index (χ0n) is 14.7. The summed E-state index contributed by atoms with van der Waals surface area (Å²) in [5, 5.41) is 14.2. The van der Waals surface area contributed by atoms with Crippen LogP contribution in [0, 0.1) is 0 Å². The van der Waals surface area contributed by atoms with E-state index >= 15 is 0 Å². The van der Waals surface area contributed by atoms with Crippen molar-refractivity contribution in [3.63, 3.8) is 0 Å². The molecule has 0 saturated carbocycles. The summed E-state index contributed by atoms with van der Waals surface area (Å²) >= 11 is 1.49. The third-order valence-corrected chi connectivity index (χ3v) is 5.46. The first-order valence-electron chi connectivity index (χ1n) is 8.85. The number of alkyl carbamates (subject to hydrolysis) is 1. The quantitative estimate of drug-likeness (QED) is 0.686. The first-order chi connectivity index (χ1) is 13.3. The van der Waals surface area contributed by atoms with Crippen molar-refractivity contribution in [2.45, 2.75) is 18.4 Å². The molecule has 1 aliphatic rings. The zero-order chi connectivity index (χ0) is 18.6. The van der Waals surface area contributed by atoms with E-state index in [0.29, 0.717) is 6.42 Å². The maximum absolute atomic E-state index is 12.3. The lowest BCUT2D eigenvalue weighted by Gasteiger charge is -2.18. The van der Waals surface area contributed by atoms with Gasteiger partial charge < -0.3 is 15.2 Å². The summed E-state index contributed by atoms with van der Waals surface area (Å²) in [5.41, 5.74) is 7.31. The van der Waals surface area contributed by atoms with Gasteiger partial charge in [0.1, 0.15) is 6.61 Å². The van der Waals surface area contributed by atoms with E-state index in [1.165, 1.54) is 33.6 Å². The molecule has 1 aliphatic carbocycles. The highest BCUT2D eigenvalue weighted by Gasteiger charge is 2.29. The van der Waals surface area contributed by atoms with Crippen LogP contribution < -0.4 is 5.32 Å². The zero-order valence-corrected chi connectivity index (χ0v) is 15.5. The summed E-state index contributed by atoms with van der Waals surface area (Å²) in [7, 11) is 0. The highest BCUT2D eigenvalue weighted by atomic mass is 32.1. The number of aliphatic hydroxyl groups is 1. The number of ether oxygens (including phenoxy) is 1. The summed E-state index contributed by atoms with van der Waals surface area (Å²) in [6.07, 6.45) is -0.0457. The number of aliphatic hydroxyl groups excluding tert-OH is 1. The fourth-order valence-corrected chi connectivity index (χ4v) is 4.13. The SMILES string of the molecule is O=C(N[C@H](CO)Cc1cscn1)OCC1c2ccccc2-c2ccccc21. The van der Waals surface area contributed by atoms with E-state index in [1.807, 2.05) is 29.6 Å². The van der Waals surface area contributed by atoms with E-state index in [9.17, 15) is 9.90 Å². The predicted molar refractivity (Wildman–Crippen MR) is 105 cm³/mol. The van der Waals surface area contributed by atoms with Gasteiger partial charge in [-0.3, -0.25) is 0 Å². The normalized spacial score (nSPS) is 13.7. The molecule has 6 heteroatoms. The number of nitrogens with zero attached hydrogens (tertiary/aromatic N) is 1. The fraction of sp³-hybridized carbons (Fsp3) is 0.238. The number of hydrogen-bond acceptors (Lipinski definition) is 5. The van der Waals surface area contributed by atoms with E-state index in [0.717, 1.165) is 5.69 Å². The largest absolute Gasteiger partial charge is 0.449 e. The van der Waals surface area contributed by atoms with Crippen molar-refractivity contribution in [3.8, 4) is 11.1 Å². The summed E-state index contributed by atoms with van der Waals surface area (Å²) < 4.78 is 5.51. The molecule has 2 N–H and O–H groups in total. The van der Waals surface area contributed by atoms with Gasteiger partial charge in [-0.15, -0.1) is 11.3 Å². The second kappa shape index (κ2) is 7.90. The molecule has 1 amide bonds. The Morgan fingerprint density at radius 1 is 1.15 bits per heavy atom. The molecule has 1 heterocycles. The molecule has 1 atom stereocenters. The maximum Gasteiger partial charge on any atom is 0.407 e. The Bertz CT molecular complexity index is 881. The maximum atomic E-state index is 12.3. The van der Waals surface area contributed by atoms with Crippen LogP contribution in [0.5, 0.6) is 0 Å². The molecule has 1 aromatic heterocycles. The highest BCUT2D eigenvalue weighted by Crippen LogP contribution is 2.44. The van der Waals surface area contributed by atoms with Crippen molar-refractivity contribution in [2.75, 3.05) is 13.2 Å². The first kappa shape index (κ1) is 17.7. The molecule has 138 valence electrons. The van der Waals surface area contributed by atoms with Gasteiger partial charge in [-0.05, 0) is 22.3 Å². The Balaban J connectivity index is 1.42. The van der Waals surface area contributed by atoms with Gasteiger partial charge in [-0.25, -0.2) is 9.78 Å². The van der Waals surface area contributed by atoms with E-state index in [2.05, 4.69) is 34.6 Å². The Hall–Kier alpha value is -2.70. The van der Waals surface area contributed by atoms with Gasteiger partial charge in [0.15, 0.2) is 0 Å². The topological polar surface area (TPSA) is 71.5 Å². The van der Waals surface area contributed by atoms with Gasteiger partial charge in [0.2, 0.25) is 0 Å². The van der Waals surface area contributed by atoms with Crippen LogP contribution in [-0.4, -0.2) is 35.4 Å². The number of carbonyl (C=O) groups is 1. The summed E-state index contributed by atoms with van der Waals surface area (Å²) in [5.74, 6) is 0.0225. The molecule has 4 rings (SSSR count). The van der Waals surface area contributed by atoms with Crippen LogP contribution in [0.2, 0.25) is 0 Å². The number of nitrogens with one attached hydrogen (secondary N) is 1. The lowest BCUT2D eigenvalue weighted by Crippen LogP contribution is -2.39. The van der Waals surface area contributed by atoms with Crippen LogP contribution in [0.3, 0.4) is 0 Å². The molecular weight excluding hydrogens is 360 g/mol. The van der Waals surface area contributed by atoms with Crippen molar-refractivity contribution >= 4 is 17.4 Å². The van der Waals surface area contributed by atoms with Gasteiger partial charge in [-0.1, -0.05) is 48.5 Å². The number of thiazole rings is 1. The Morgan fingerprint density at radius 2 is 1.81 bits per heavy atom. The van der Waals surface area contributed by atoms with E-state index in [4.69, 9.17) is 4.74 Å². The van der Waals surface area contributed by atoms with Crippen molar-refractivity contribution in [2.24, 2.45) is 0 Å². The Labute approximate surface area is 161 Å². The Morgan fingerprint density at radius 3 is 2.41 bits per heavy atom. The number of hydrogen-bond donors (Lipinski definition) is 2. The lowest BCUT2D eigenvalue weighted by molar-refractivity contribution is 0.132. The predicted octanol–water partition coefficient (Wildman–Crippen LogP) is 3.59. The minimum Gasteiger partial charge on any atom is -0.449 e. The van der Waals surface area contributed by atoms with E-state index in [1.54, 1.807) is 5.51 Å². The average molecular weight is 380 g/mol. The molecule has 0 bridgehead atoms. The second-order valence-electron chi connectivity index (χ2n) is 6.53. The lowest BCUT2D eigenvalue weighted by atomic mass is 9.98. The molecule has 0 saturated heterocycles. The molecule has 0 radical (unpaired) electrons. The van der Waals surface area contributed by atoms with Gasteiger partial charge in [-0.2, -0.15) is 0 Å². The van der Waals surface area contributed by atoms with Crippen molar-refractivity contribution < 1.29 is 14.6 Å². The third-order valence-electron chi connectivity index (χ3n) is 4.83. The Kier molecular flexibility index (Phi) is 5.18. The number of rotatable bonds is 6. The minimum absolute atomic E-state index is 0.0225. The van der Waals surface area contributed by atoms with Gasteiger partial charge in [0.25, 0.3) is 0 Å². The third kappa shape index (κ3) is 3.72. The van der Waals surface area contributed by atoms with Crippen LogP contribution >= 0.6 is 11.3 Å². The van der Waals surface area contributed by atoms with Crippen LogP contribution in [0.25, 0.3) is 11.1 Å². The van der Waals surface area contributed by atoms with Crippen LogP contribution in [0.4, 0.5) is 4.79 Å². The molecule has 27 heavy (non-hydrogen) atoms.